The molecule has 0 saturated heterocycles. The molecule has 112 valence electrons. The second-order valence-corrected chi connectivity index (χ2v) is 6.54. The summed E-state index contributed by atoms with van der Waals surface area (Å²) in [5, 5.41) is 0. The van der Waals surface area contributed by atoms with Crippen LogP contribution in [-0.2, 0) is 16.6 Å². The number of sulfonamides is 1. The van der Waals surface area contributed by atoms with Gasteiger partial charge in [0.25, 0.3) is 10.0 Å². The van der Waals surface area contributed by atoms with Gasteiger partial charge in [0.2, 0.25) is 0 Å². The Bertz CT molecular complexity index is 773. The van der Waals surface area contributed by atoms with Crippen molar-refractivity contribution in [2.24, 2.45) is 5.73 Å². The van der Waals surface area contributed by atoms with Crippen LogP contribution < -0.4 is 10.5 Å². The van der Waals surface area contributed by atoms with Gasteiger partial charge in [-0.3, -0.25) is 4.72 Å². The standard InChI is InChI=1S/C15H17FN2O2S/c1-10-3-4-11(2)15(7-10)21(19,20)18-14-6-5-12(9-17)8-13(14)16/h3-8,18H,9,17H2,1-2H3. The Morgan fingerprint density at radius 1 is 1.14 bits per heavy atom. The first-order valence-electron chi connectivity index (χ1n) is 6.42. The van der Waals surface area contributed by atoms with Crippen molar-refractivity contribution < 1.29 is 12.8 Å². The van der Waals surface area contributed by atoms with Gasteiger partial charge in [-0.2, -0.15) is 0 Å². The minimum Gasteiger partial charge on any atom is -0.326 e. The van der Waals surface area contributed by atoms with Crippen LogP contribution in [0, 0.1) is 19.7 Å². The van der Waals surface area contributed by atoms with E-state index in [1.807, 2.05) is 6.07 Å². The second kappa shape index (κ2) is 5.83. The van der Waals surface area contributed by atoms with Crippen molar-refractivity contribution in [2.45, 2.75) is 25.3 Å². The van der Waals surface area contributed by atoms with E-state index in [2.05, 4.69) is 4.72 Å². The van der Waals surface area contributed by atoms with Crippen molar-refractivity contribution in [1.29, 1.82) is 0 Å². The molecule has 2 aromatic carbocycles. The first-order chi connectivity index (χ1) is 9.83. The summed E-state index contributed by atoms with van der Waals surface area (Å²) in [6, 6.07) is 9.29. The molecule has 0 aromatic heterocycles. The van der Waals surface area contributed by atoms with Crippen LogP contribution in [0.15, 0.2) is 41.3 Å². The molecule has 0 unspecified atom stereocenters. The molecule has 4 nitrogen and oxygen atoms in total. The molecule has 0 heterocycles. The number of halogens is 1. The molecule has 21 heavy (non-hydrogen) atoms. The summed E-state index contributed by atoms with van der Waals surface area (Å²) in [5.41, 5.74) is 7.35. The summed E-state index contributed by atoms with van der Waals surface area (Å²) in [4.78, 5) is 0.143. The van der Waals surface area contributed by atoms with Gasteiger partial charge in [0.05, 0.1) is 10.6 Å². The highest BCUT2D eigenvalue weighted by Gasteiger charge is 2.18. The molecule has 0 aliphatic rings. The number of nitrogens with two attached hydrogens (primary N) is 1. The number of hydrogen-bond donors (Lipinski definition) is 2. The molecule has 2 rings (SSSR count). The van der Waals surface area contributed by atoms with Gasteiger partial charge in [-0.05, 0) is 48.7 Å². The molecule has 0 aliphatic heterocycles. The lowest BCUT2D eigenvalue weighted by Crippen LogP contribution is -2.15. The monoisotopic (exact) mass is 308 g/mol. The topological polar surface area (TPSA) is 72.2 Å². The predicted molar refractivity (Wildman–Crippen MR) is 81.0 cm³/mol. The van der Waals surface area contributed by atoms with E-state index < -0.39 is 15.8 Å². The molecular formula is C15H17FN2O2S. The molecule has 0 atom stereocenters. The average Bonchev–Trinajstić information content (AvgIpc) is 2.43. The molecule has 0 amide bonds. The zero-order valence-electron chi connectivity index (χ0n) is 11.9. The third-order valence-corrected chi connectivity index (χ3v) is 4.65. The number of nitrogens with one attached hydrogen (secondary N) is 1. The van der Waals surface area contributed by atoms with E-state index in [-0.39, 0.29) is 17.1 Å². The normalized spacial score (nSPS) is 11.4. The molecule has 0 saturated carbocycles. The minimum atomic E-state index is -3.83. The fourth-order valence-electron chi connectivity index (χ4n) is 1.96. The molecule has 0 fully saturated rings. The Balaban J connectivity index is 2.40. The van der Waals surface area contributed by atoms with Crippen LogP contribution in [0.2, 0.25) is 0 Å². The van der Waals surface area contributed by atoms with E-state index in [1.54, 1.807) is 32.0 Å². The van der Waals surface area contributed by atoms with Crippen molar-refractivity contribution in [1.82, 2.24) is 0 Å². The van der Waals surface area contributed by atoms with Gasteiger partial charge < -0.3 is 5.73 Å². The van der Waals surface area contributed by atoms with Gasteiger partial charge in [0, 0.05) is 6.54 Å². The molecule has 2 aromatic rings. The number of rotatable bonds is 4. The van der Waals surface area contributed by atoms with Crippen LogP contribution in [-0.4, -0.2) is 8.42 Å². The van der Waals surface area contributed by atoms with Gasteiger partial charge in [0.15, 0.2) is 0 Å². The maximum Gasteiger partial charge on any atom is 0.262 e. The van der Waals surface area contributed by atoms with Crippen molar-refractivity contribution in [3.63, 3.8) is 0 Å². The Kier molecular flexibility index (Phi) is 4.29. The fraction of sp³-hybridized carbons (Fsp3) is 0.200. The summed E-state index contributed by atoms with van der Waals surface area (Å²) < 4.78 is 40.9. The summed E-state index contributed by atoms with van der Waals surface area (Å²) >= 11 is 0. The first-order valence-corrected chi connectivity index (χ1v) is 7.90. The second-order valence-electron chi connectivity index (χ2n) is 4.89. The maximum absolute atomic E-state index is 13.9. The van der Waals surface area contributed by atoms with Gasteiger partial charge in [-0.15, -0.1) is 0 Å². The molecular weight excluding hydrogens is 291 g/mol. The van der Waals surface area contributed by atoms with E-state index >= 15 is 0 Å². The predicted octanol–water partition coefficient (Wildman–Crippen LogP) is 2.70. The third kappa shape index (κ3) is 3.40. The Morgan fingerprint density at radius 3 is 2.48 bits per heavy atom. The van der Waals surface area contributed by atoms with E-state index in [0.29, 0.717) is 11.1 Å². The molecule has 0 bridgehead atoms. The fourth-order valence-corrected chi connectivity index (χ4v) is 3.36. The molecule has 0 radical (unpaired) electrons. The zero-order valence-corrected chi connectivity index (χ0v) is 12.7. The SMILES string of the molecule is Cc1ccc(C)c(S(=O)(=O)Nc2ccc(CN)cc2F)c1. The minimum absolute atomic E-state index is 0.0897. The van der Waals surface area contributed by atoms with Crippen molar-refractivity contribution in [3.8, 4) is 0 Å². The molecule has 6 heteroatoms. The Morgan fingerprint density at radius 2 is 1.86 bits per heavy atom. The maximum atomic E-state index is 13.9. The molecule has 3 N–H and O–H groups in total. The highest BCUT2D eigenvalue weighted by Crippen LogP contribution is 2.23. The highest BCUT2D eigenvalue weighted by molar-refractivity contribution is 7.92. The van der Waals surface area contributed by atoms with Crippen LogP contribution in [0.4, 0.5) is 10.1 Å². The average molecular weight is 308 g/mol. The Hall–Kier alpha value is -1.92. The van der Waals surface area contributed by atoms with Crippen LogP contribution in [0.5, 0.6) is 0 Å². The van der Waals surface area contributed by atoms with Crippen LogP contribution in [0.25, 0.3) is 0 Å². The summed E-state index contributed by atoms with van der Waals surface area (Å²) in [7, 11) is -3.83. The number of hydrogen-bond acceptors (Lipinski definition) is 3. The summed E-state index contributed by atoms with van der Waals surface area (Å²) in [6.07, 6.45) is 0. The van der Waals surface area contributed by atoms with Gasteiger partial charge in [-0.1, -0.05) is 18.2 Å². The lowest BCUT2D eigenvalue weighted by atomic mass is 10.2. The highest BCUT2D eigenvalue weighted by atomic mass is 32.2. The van der Waals surface area contributed by atoms with Gasteiger partial charge in [0.1, 0.15) is 5.82 Å². The first kappa shape index (κ1) is 15.5. The van der Waals surface area contributed by atoms with Crippen molar-refractivity contribution >= 4 is 15.7 Å². The van der Waals surface area contributed by atoms with Crippen LogP contribution in [0.3, 0.4) is 0 Å². The molecule has 0 aliphatic carbocycles. The number of anilines is 1. The van der Waals surface area contributed by atoms with Crippen molar-refractivity contribution in [2.75, 3.05) is 4.72 Å². The van der Waals surface area contributed by atoms with E-state index in [9.17, 15) is 12.8 Å². The van der Waals surface area contributed by atoms with Crippen molar-refractivity contribution in [3.05, 3.63) is 58.9 Å². The van der Waals surface area contributed by atoms with Gasteiger partial charge >= 0.3 is 0 Å². The summed E-state index contributed by atoms with van der Waals surface area (Å²) in [6.45, 7) is 3.69. The third-order valence-electron chi connectivity index (χ3n) is 3.15. The largest absolute Gasteiger partial charge is 0.326 e. The van der Waals surface area contributed by atoms with Crippen LogP contribution in [0.1, 0.15) is 16.7 Å². The molecule has 0 spiro atoms. The van der Waals surface area contributed by atoms with E-state index in [0.717, 1.165) is 5.56 Å². The van der Waals surface area contributed by atoms with Crippen LogP contribution >= 0.6 is 0 Å². The number of aryl methyl sites for hydroxylation is 2. The smallest absolute Gasteiger partial charge is 0.262 e. The zero-order chi connectivity index (χ0) is 15.6. The lowest BCUT2D eigenvalue weighted by molar-refractivity contribution is 0.597. The lowest BCUT2D eigenvalue weighted by Gasteiger charge is -2.12. The Labute approximate surface area is 123 Å². The number of benzene rings is 2. The summed E-state index contributed by atoms with van der Waals surface area (Å²) in [5.74, 6) is -0.646. The quantitative estimate of drug-likeness (QED) is 0.912. The van der Waals surface area contributed by atoms with E-state index in [1.165, 1.54) is 12.1 Å². The van der Waals surface area contributed by atoms with E-state index in [4.69, 9.17) is 5.73 Å². The van der Waals surface area contributed by atoms with Gasteiger partial charge in [-0.25, -0.2) is 12.8 Å².